The fourth-order valence-corrected chi connectivity index (χ4v) is 4.16. The summed E-state index contributed by atoms with van der Waals surface area (Å²) >= 11 is 7.02. The molecule has 2 aromatic carbocycles. The molecule has 0 saturated carbocycles. The zero-order chi connectivity index (χ0) is 22.0. The number of hydrogen-bond acceptors (Lipinski definition) is 3. The minimum Gasteiger partial charge on any atom is -0.349 e. The first-order valence-electron chi connectivity index (χ1n) is 10.3. The van der Waals surface area contributed by atoms with Crippen LogP contribution in [0.2, 0.25) is 0 Å². The molecule has 0 saturated heterocycles. The molecule has 0 radical (unpaired) electrons. The lowest BCUT2D eigenvalue weighted by Crippen LogP contribution is -2.23. The maximum atomic E-state index is 12.3. The third kappa shape index (κ3) is 4.04. The Balaban J connectivity index is 1.75. The normalized spacial score (nSPS) is 17.7. The standard InChI is InChI=1S/C26H24ClN3O/c1-4-12-28-25(31)19-13-18-8-7-11-23(24(18)29-15-19)26(27)14-20(16-30-26)22-10-6-5-9-21(22)17(2)3/h4-11,13-17H,1,12H2,2-3H3,(H,28,31). The van der Waals surface area contributed by atoms with Crippen molar-refractivity contribution in [3.05, 3.63) is 95.7 Å². The van der Waals surface area contributed by atoms with Crippen molar-refractivity contribution in [2.45, 2.75) is 24.8 Å². The molecule has 1 aromatic heterocycles. The van der Waals surface area contributed by atoms with E-state index in [4.69, 9.17) is 11.6 Å². The van der Waals surface area contributed by atoms with Crippen molar-refractivity contribution in [3.63, 3.8) is 0 Å². The Labute approximate surface area is 187 Å². The number of hydrogen-bond donors (Lipinski definition) is 1. The molecule has 0 aliphatic carbocycles. The van der Waals surface area contributed by atoms with Gasteiger partial charge in [-0.25, -0.2) is 0 Å². The van der Waals surface area contributed by atoms with Gasteiger partial charge in [-0.3, -0.25) is 14.8 Å². The summed E-state index contributed by atoms with van der Waals surface area (Å²) in [7, 11) is 0. The van der Waals surface area contributed by atoms with Crippen LogP contribution in [-0.2, 0) is 5.00 Å². The third-order valence-corrected chi connectivity index (χ3v) is 5.80. The number of allylic oxidation sites excluding steroid dienone is 1. The lowest BCUT2D eigenvalue weighted by atomic mass is 9.92. The molecule has 31 heavy (non-hydrogen) atoms. The van der Waals surface area contributed by atoms with Crippen LogP contribution in [0.5, 0.6) is 0 Å². The van der Waals surface area contributed by atoms with Gasteiger partial charge in [0.15, 0.2) is 5.00 Å². The predicted octanol–water partition coefficient (Wildman–Crippen LogP) is 5.83. The molecule has 1 aliphatic rings. The molecule has 1 atom stereocenters. The lowest BCUT2D eigenvalue weighted by Gasteiger charge is -2.18. The minimum atomic E-state index is -1.04. The minimum absolute atomic E-state index is 0.188. The van der Waals surface area contributed by atoms with E-state index < -0.39 is 5.00 Å². The number of carbonyl (C=O) groups excluding carboxylic acids is 1. The Kier molecular flexibility index (Phi) is 5.75. The molecule has 0 fully saturated rings. The van der Waals surface area contributed by atoms with E-state index >= 15 is 0 Å². The van der Waals surface area contributed by atoms with Crippen molar-refractivity contribution >= 4 is 40.2 Å². The molecule has 156 valence electrons. The maximum Gasteiger partial charge on any atom is 0.253 e. The summed E-state index contributed by atoms with van der Waals surface area (Å²) in [5.41, 5.74) is 5.40. The van der Waals surface area contributed by atoms with Crippen molar-refractivity contribution in [2.75, 3.05) is 6.54 Å². The van der Waals surface area contributed by atoms with Crippen molar-refractivity contribution in [1.82, 2.24) is 10.3 Å². The molecular weight excluding hydrogens is 406 g/mol. The average molecular weight is 430 g/mol. The Hall–Kier alpha value is -3.24. The van der Waals surface area contributed by atoms with Crippen LogP contribution >= 0.6 is 11.6 Å². The number of nitrogens with zero attached hydrogens (tertiary/aromatic N) is 2. The summed E-state index contributed by atoms with van der Waals surface area (Å²) in [4.78, 5) is 20.5. The van der Waals surface area contributed by atoms with Crippen LogP contribution in [0, 0.1) is 0 Å². The van der Waals surface area contributed by atoms with Crippen LogP contribution in [0.3, 0.4) is 0 Å². The molecule has 1 N–H and O–H groups in total. The summed E-state index contributed by atoms with van der Waals surface area (Å²) < 4.78 is 0. The molecule has 4 nitrogen and oxygen atoms in total. The van der Waals surface area contributed by atoms with Crippen LogP contribution < -0.4 is 5.32 Å². The first-order valence-corrected chi connectivity index (χ1v) is 10.7. The molecule has 5 heteroatoms. The molecule has 1 aliphatic heterocycles. The highest BCUT2D eigenvalue weighted by molar-refractivity contribution is 6.30. The van der Waals surface area contributed by atoms with Crippen molar-refractivity contribution in [3.8, 4) is 0 Å². The number of pyridine rings is 1. The van der Waals surface area contributed by atoms with Gasteiger partial charge >= 0.3 is 0 Å². The molecule has 4 rings (SSSR count). The van der Waals surface area contributed by atoms with Gasteiger partial charge in [0.05, 0.1) is 11.1 Å². The third-order valence-electron chi connectivity index (χ3n) is 5.39. The van der Waals surface area contributed by atoms with Crippen LogP contribution in [0.4, 0.5) is 0 Å². The summed E-state index contributed by atoms with van der Waals surface area (Å²) in [6, 6.07) is 15.9. The van der Waals surface area contributed by atoms with E-state index in [1.54, 1.807) is 12.3 Å². The number of rotatable bonds is 6. The van der Waals surface area contributed by atoms with Crippen LogP contribution in [0.15, 0.2) is 78.5 Å². The van der Waals surface area contributed by atoms with Gasteiger partial charge in [-0.15, -0.1) is 6.58 Å². The van der Waals surface area contributed by atoms with E-state index in [-0.39, 0.29) is 5.91 Å². The van der Waals surface area contributed by atoms with Gasteiger partial charge in [0.25, 0.3) is 5.91 Å². The number of amides is 1. The van der Waals surface area contributed by atoms with Crippen molar-refractivity contribution in [2.24, 2.45) is 4.99 Å². The maximum absolute atomic E-state index is 12.3. The zero-order valence-corrected chi connectivity index (χ0v) is 18.4. The van der Waals surface area contributed by atoms with E-state index in [0.717, 1.165) is 27.6 Å². The molecule has 0 spiro atoms. The molecule has 1 unspecified atom stereocenters. The first-order chi connectivity index (χ1) is 14.9. The van der Waals surface area contributed by atoms with Gasteiger partial charge in [0.2, 0.25) is 0 Å². The summed E-state index contributed by atoms with van der Waals surface area (Å²) in [6.45, 7) is 8.38. The average Bonchev–Trinajstić information content (AvgIpc) is 3.19. The topological polar surface area (TPSA) is 54.4 Å². The van der Waals surface area contributed by atoms with Gasteiger partial charge in [-0.1, -0.05) is 74.0 Å². The number of alkyl halides is 1. The SMILES string of the molecule is C=CCNC(=O)c1cnc2c(C3(Cl)C=C(c4ccccc4C(C)C)C=N3)cccc2c1. The number of carbonyl (C=O) groups is 1. The monoisotopic (exact) mass is 429 g/mol. The summed E-state index contributed by atoms with van der Waals surface area (Å²) in [5, 5.41) is 3.61. The van der Waals surface area contributed by atoms with Crippen LogP contribution in [-0.4, -0.2) is 23.7 Å². The van der Waals surface area contributed by atoms with E-state index in [2.05, 4.69) is 53.9 Å². The van der Waals surface area contributed by atoms with Gasteiger partial charge in [-0.05, 0) is 34.8 Å². The Morgan fingerprint density at radius 3 is 2.81 bits per heavy atom. The Morgan fingerprint density at radius 1 is 1.23 bits per heavy atom. The van der Waals surface area contributed by atoms with Gasteiger partial charge in [0.1, 0.15) is 0 Å². The number of aliphatic imine (C=N–C) groups is 1. The second kappa shape index (κ2) is 8.48. The molecule has 0 bridgehead atoms. The number of aromatic nitrogens is 1. The van der Waals surface area contributed by atoms with E-state index in [1.807, 2.05) is 42.6 Å². The van der Waals surface area contributed by atoms with E-state index in [0.29, 0.717) is 18.0 Å². The second-order valence-corrected chi connectivity index (χ2v) is 8.45. The van der Waals surface area contributed by atoms with E-state index in [1.165, 1.54) is 5.56 Å². The number of para-hydroxylation sites is 1. The van der Waals surface area contributed by atoms with Crippen molar-refractivity contribution < 1.29 is 4.79 Å². The van der Waals surface area contributed by atoms with Crippen LogP contribution in [0.1, 0.15) is 46.8 Å². The largest absolute Gasteiger partial charge is 0.349 e. The van der Waals surface area contributed by atoms with E-state index in [9.17, 15) is 4.79 Å². The number of fused-ring (bicyclic) bond motifs is 1. The molecule has 3 aromatic rings. The number of nitrogens with one attached hydrogen (secondary N) is 1. The fraction of sp³-hybridized carbons (Fsp3) is 0.192. The second-order valence-electron chi connectivity index (χ2n) is 7.87. The quantitative estimate of drug-likeness (QED) is 0.304. The van der Waals surface area contributed by atoms with Crippen molar-refractivity contribution in [1.29, 1.82) is 0 Å². The smallest absolute Gasteiger partial charge is 0.253 e. The summed E-state index contributed by atoms with van der Waals surface area (Å²) in [5.74, 6) is 0.201. The Morgan fingerprint density at radius 2 is 2.03 bits per heavy atom. The molecular formula is C26H24ClN3O. The first kappa shape index (κ1) is 21.0. The summed E-state index contributed by atoms with van der Waals surface area (Å²) in [6.07, 6.45) is 7.03. The molecule has 1 amide bonds. The Bertz CT molecular complexity index is 1230. The molecule has 2 heterocycles. The highest BCUT2D eigenvalue weighted by Crippen LogP contribution is 2.42. The number of halogens is 1. The zero-order valence-electron chi connectivity index (χ0n) is 17.6. The highest BCUT2D eigenvalue weighted by atomic mass is 35.5. The lowest BCUT2D eigenvalue weighted by molar-refractivity contribution is 0.0958. The van der Waals surface area contributed by atoms with Gasteiger partial charge < -0.3 is 5.32 Å². The number of benzene rings is 2. The van der Waals surface area contributed by atoms with Gasteiger partial charge in [0, 0.05) is 29.9 Å². The fourth-order valence-electron chi connectivity index (χ4n) is 3.84. The van der Waals surface area contributed by atoms with Crippen LogP contribution in [0.25, 0.3) is 16.5 Å². The highest BCUT2D eigenvalue weighted by Gasteiger charge is 2.33. The van der Waals surface area contributed by atoms with Gasteiger partial charge in [-0.2, -0.15) is 0 Å². The predicted molar refractivity (Wildman–Crippen MR) is 129 cm³/mol.